The lowest BCUT2D eigenvalue weighted by atomic mass is 9.81. The maximum Gasteiger partial charge on any atom is 0.328 e. The highest BCUT2D eigenvalue weighted by atomic mass is 16.5. The summed E-state index contributed by atoms with van der Waals surface area (Å²) in [6, 6.07) is 3.75. The minimum Gasteiger partial charge on any atom is -0.496 e. The quantitative estimate of drug-likeness (QED) is 0.441. The molecule has 0 saturated carbocycles. The molecule has 0 spiro atoms. The molecule has 4 N–H and O–H groups in total. The second-order valence-corrected chi connectivity index (χ2v) is 5.35. The number of benzene rings is 1. The number of rotatable bonds is 4. The van der Waals surface area contributed by atoms with Gasteiger partial charge >= 0.3 is 6.03 Å². The first kappa shape index (κ1) is 15.3. The molecule has 1 aromatic carbocycles. The lowest BCUT2D eigenvalue weighted by molar-refractivity contribution is 0.238. The van der Waals surface area contributed by atoms with Crippen molar-refractivity contribution in [3.8, 4) is 5.75 Å². The van der Waals surface area contributed by atoms with E-state index in [1.807, 2.05) is 19.9 Å². The van der Waals surface area contributed by atoms with Gasteiger partial charge in [-0.05, 0) is 36.6 Å². The second-order valence-electron chi connectivity index (χ2n) is 5.35. The molecule has 0 atom stereocenters. The van der Waals surface area contributed by atoms with E-state index in [9.17, 15) is 4.79 Å². The van der Waals surface area contributed by atoms with Gasteiger partial charge < -0.3 is 10.1 Å². The molecule has 0 fully saturated rings. The van der Waals surface area contributed by atoms with E-state index in [4.69, 9.17) is 10.6 Å². The van der Waals surface area contributed by atoms with Crippen LogP contribution in [-0.4, -0.2) is 19.7 Å². The van der Waals surface area contributed by atoms with E-state index in [2.05, 4.69) is 30.7 Å². The van der Waals surface area contributed by atoms with Crippen LogP contribution in [0.15, 0.2) is 12.1 Å². The van der Waals surface area contributed by atoms with Crippen molar-refractivity contribution in [1.29, 1.82) is 0 Å². The summed E-state index contributed by atoms with van der Waals surface area (Å²) in [5.41, 5.74) is 5.28. The van der Waals surface area contributed by atoms with E-state index in [0.717, 1.165) is 16.9 Å². The lowest BCUT2D eigenvalue weighted by Crippen LogP contribution is -2.45. The number of ether oxygens (including phenoxy) is 1. The molecule has 1 aromatic rings. The summed E-state index contributed by atoms with van der Waals surface area (Å²) < 4.78 is 5.31. The molecule has 19 heavy (non-hydrogen) atoms. The molecule has 2 amide bonds. The number of hydrogen-bond acceptors (Lipinski definition) is 3. The summed E-state index contributed by atoms with van der Waals surface area (Å²) >= 11 is 0. The van der Waals surface area contributed by atoms with Gasteiger partial charge in [0.25, 0.3) is 0 Å². The summed E-state index contributed by atoms with van der Waals surface area (Å²) in [5.74, 6) is 5.93. The van der Waals surface area contributed by atoms with Crippen molar-refractivity contribution in [2.75, 3.05) is 13.7 Å². The summed E-state index contributed by atoms with van der Waals surface area (Å²) in [5, 5.41) is 2.74. The van der Waals surface area contributed by atoms with Crippen molar-refractivity contribution in [2.24, 2.45) is 5.84 Å². The zero-order valence-corrected chi connectivity index (χ0v) is 12.3. The van der Waals surface area contributed by atoms with Crippen LogP contribution >= 0.6 is 0 Å². The molecule has 0 unspecified atom stereocenters. The molecule has 0 aliphatic rings. The lowest BCUT2D eigenvalue weighted by Gasteiger charge is -2.28. The zero-order chi connectivity index (χ0) is 14.6. The van der Waals surface area contributed by atoms with Gasteiger partial charge in [-0.3, -0.25) is 5.43 Å². The Bertz CT molecular complexity index is 470. The van der Waals surface area contributed by atoms with Crippen LogP contribution in [0.5, 0.6) is 5.75 Å². The Morgan fingerprint density at radius 2 is 1.95 bits per heavy atom. The molecular formula is C14H23N3O2. The molecule has 5 nitrogen and oxygen atoms in total. The molecule has 5 heteroatoms. The van der Waals surface area contributed by atoms with E-state index in [-0.39, 0.29) is 11.4 Å². The number of carbonyl (C=O) groups excluding carboxylic acids is 1. The standard InChI is InChI=1S/C14H23N3O2/c1-9-7-12(19-5)10(2)6-11(9)14(3,4)8-16-13(18)17-15/h6-7H,8,15H2,1-5H3,(H2,16,17,18). The number of hydrogen-bond donors (Lipinski definition) is 3. The number of aryl methyl sites for hydroxylation is 2. The number of urea groups is 1. The van der Waals surface area contributed by atoms with Crippen LogP contribution in [-0.2, 0) is 5.41 Å². The fourth-order valence-corrected chi connectivity index (χ4v) is 2.19. The van der Waals surface area contributed by atoms with E-state index in [1.54, 1.807) is 7.11 Å². The van der Waals surface area contributed by atoms with Crippen molar-refractivity contribution in [3.05, 3.63) is 28.8 Å². The first-order valence-corrected chi connectivity index (χ1v) is 6.22. The smallest absolute Gasteiger partial charge is 0.328 e. The summed E-state index contributed by atoms with van der Waals surface area (Å²) in [4.78, 5) is 11.2. The molecular weight excluding hydrogens is 242 g/mol. The molecule has 106 valence electrons. The zero-order valence-electron chi connectivity index (χ0n) is 12.3. The normalized spacial score (nSPS) is 11.1. The van der Waals surface area contributed by atoms with Crippen LogP contribution in [0, 0.1) is 13.8 Å². The van der Waals surface area contributed by atoms with Gasteiger partial charge in [0.15, 0.2) is 0 Å². The van der Waals surface area contributed by atoms with Crippen molar-refractivity contribution in [2.45, 2.75) is 33.1 Å². The highest BCUT2D eigenvalue weighted by molar-refractivity contribution is 5.73. The summed E-state index contributed by atoms with van der Waals surface area (Å²) in [6.45, 7) is 8.72. The maximum atomic E-state index is 11.2. The van der Waals surface area contributed by atoms with Crippen molar-refractivity contribution < 1.29 is 9.53 Å². The second kappa shape index (κ2) is 5.93. The van der Waals surface area contributed by atoms with Crippen LogP contribution in [0.1, 0.15) is 30.5 Å². The third kappa shape index (κ3) is 3.61. The third-order valence-corrected chi connectivity index (χ3v) is 3.29. The van der Waals surface area contributed by atoms with E-state index in [0.29, 0.717) is 6.54 Å². The van der Waals surface area contributed by atoms with Gasteiger partial charge in [0.2, 0.25) is 0 Å². The highest BCUT2D eigenvalue weighted by Gasteiger charge is 2.24. The van der Waals surface area contributed by atoms with Gasteiger partial charge in [-0.25, -0.2) is 10.6 Å². The van der Waals surface area contributed by atoms with Gasteiger partial charge in [-0.2, -0.15) is 0 Å². The topological polar surface area (TPSA) is 76.4 Å². The number of amides is 2. The Hall–Kier alpha value is -1.75. The number of methoxy groups -OCH3 is 1. The van der Waals surface area contributed by atoms with Crippen LogP contribution in [0.2, 0.25) is 0 Å². The number of nitrogens with two attached hydrogens (primary N) is 1. The Labute approximate surface area is 114 Å². The first-order valence-electron chi connectivity index (χ1n) is 6.22. The minimum atomic E-state index is -0.379. The Kier molecular flexibility index (Phi) is 4.78. The SMILES string of the molecule is COc1cc(C)c(C(C)(C)CNC(=O)NN)cc1C. The number of nitrogens with one attached hydrogen (secondary N) is 2. The molecule has 0 heterocycles. The van der Waals surface area contributed by atoms with E-state index in [1.165, 1.54) is 5.56 Å². The highest BCUT2D eigenvalue weighted by Crippen LogP contribution is 2.31. The predicted octanol–water partition coefficient (Wildman–Crippen LogP) is 1.76. The molecule has 0 aromatic heterocycles. The number of carbonyl (C=O) groups is 1. The van der Waals surface area contributed by atoms with Crippen LogP contribution < -0.4 is 21.3 Å². The average Bonchev–Trinajstić information content (AvgIpc) is 2.38. The van der Waals surface area contributed by atoms with Gasteiger partial charge in [0.05, 0.1) is 7.11 Å². The molecule has 0 radical (unpaired) electrons. The Morgan fingerprint density at radius 1 is 1.32 bits per heavy atom. The Morgan fingerprint density at radius 3 is 2.47 bits per heavy atom. The molecule has 0 bridgehead atoms. The average molecular weight is 265 g/mol. The summed E-state index contributed by atoms with van der Waals surface area (Å²) in [7, 11) is 1.67. The maximum absolute atomic E-state index is 11.2. The fraction of sp³-hybridized carbons (Fsp3) is 0.500. The van der Waals surface area contributed by atoms with Gasteiger partial charge in [-0.1, -0.05) is 19.9 Å². The summed E-state index contributed by atoms with van der Waals surface area (Å²) in [6.07, 6.45) is 0. The molecule has 0 aliphatic carbocycles. The number of hydrazine groups is 1. The van der Waals surface area contributed by atoms with Crippen molar-refractivity contribution >= 4 is 6.03 Å². The Balaban J connectivity index is 3.00. The van der Waals surface area contributed by atoms with Crippen LogP contribution in [0.3, 0.4) is 0 Å². The largest absolute Gasteiger partial charge is 0.496 e. The monoisotopic (exact) mass is 265 g/mol. The van der Waals surface area contributed by atoms with Crippen LogP contribution in [0.4, 0.5) is 4.79 Å². The van der Waals surface area contributed by atoms with E-state index < -0.39 is 0 Å². The van der Waals surface area contributed by atoms with E-state index >= 15 is 0 Å². The molecule has 1 rings (SSSR count). The fourth-order valence-electron chi connectivity index (χ4n) is 2.19. The van der Waals surface area contributed by atoms with Gasteiger partial charge in [0, 0.05) is 12.0 Å². The van der Waals surface area contributed by atoms with Gasteiger partial charge in [0.1, 0.15) is 5.75 Å². The molecule has 0 aliphatic heterocycles. The van der Waals surface area contributed by atoms with Crippen molar-refractivity contribution in [1.82, 2.24) is 10.7 Å². The third-order valence-electron chi connectivity index (χ3n) is 3.29. The molecule has 0 saturated heterocycles. The van der Waals surface area contributed by atoms with Gasteiger partial charge in [-0.15, -0.1) is 0 Å². The minimum absolute atomic E-state index is 0.187. The van der Waals surface area contributed by atoms with Crippen LogP contribution in [0.25, 0.3) is 0 Å². The predicted molar refractivity (Wildman–Crippen MR) is 76.2 cm³/mol. The van der Waals surface area contributed by atoms with Crippen molar-refractivity contribution in [3.63, 3.8) is 0 Å². The first-order chi connectivity index (χ1) is 8.81.